The molecule has 1 N–H and O–H groups in total. The zero-order chi connectivity index (χ0) is 18.2. The Balaban J connectivity index is 1.80. The average molecular weight is 349 g/mol. The van der Waals surface area contributed by atoms with Crippen LogP contribution in [-0.4, -0.2) is 73.8 Å². The van der Waals surface area contributed by atoms with Gasteiger partial charge < -0.3 is 15.0 Å². The molecule has 7 nitrogen and oxygen atoms in total. The molecule has 0 atom stereocenters. The molecule has 0 spiro atoms. The van der Waals surface area contributed by atoms with Crippen molar-refractivity contribution in [1.29, 1.82) is 0 Å². The smallest absolute Gasteiger partial charge is 0.234 e. The predicted octanol–water partition coefficient (Wildman–Crippen LogP) is 1.18. The molecule has 1 aliphatic heterocycles. The number of anilines is 1. The van der Waals surface area contributed by atoms with E-state index in [9.17, 15) is 4.79 Å². The average Bonchev–Trinajstić information content (AvgIpc) is 2.59. The molecule has 2 rings (SSSR count). The summed E-state index contributed by atoms with van der Waals surface area (Å²) in [4.78, 5) is 25.7. The highest BCUT2D eigenvalue weighted by molar-refractivity contribution is 5.78. The van der Waals surface area contributed by atoms with Gasteiger partial charge in [-0.1, -0.05) is 13.8 Å². The second kappa shape index (κ2) is 9.68. The Morgan fingerprint density at radius 1 is 1.28 bits per heavy atom. The minimum atomic E-state index is 0.0875. The molecule has 1 aromatic rings. The van der Waals surface area contributed by atoms with E-state index in [1.807, 2.05) is 13.0 Å². The fourth-order valence-corrected chi connectivity index (χ4v) is 2.83. The van der Waals surface area contributed by atoms with Gasteiger partial charge in [0.25, 0.3) is 0 Å². The lowest BCUT2D eigenvalue weighted by Crippen LogP contribution is -2.50. The van der Waals surface area contributed by atoms with Gasteiger partial charge in [-0.15, -0.1) is 0 Å². The van der Waals surface area contributed by atoms with Crippen LogP contribution in [0.25, 0.3) is 0 Å². The van der Waals surface area contributed by atoms with Gasteiger partial charge in [0.05, 0.1) is 6.54 Å². The van der Waals surface area contributed by atoms with Crippen molar-refractivity contribution >= 4 is 11.7 Å². The molecular formula is C18H31N5O2. The molecular weight excluding hydrogens is 318 g/mol. The summed E-state index contributed by atoms with van der Waals surface area (Å²) in [6.07, 6.45) is 0.848. The van der Waals surface area contributed by atoms with Crippen LogP contribution in [0, 0.1) is 6.92 Å². The lowest BCUT2D eigenvalue weighted by atomic mass is 10.2. The molecule has 140 valence electrons. The summed E-state index contributed by atoms with van der Waals surface area (Å²) in [6, 6.07) is 2.05. The van der Waals surface area contributed by atoms with E-state index < -0.39 is 0 Å². The maximum absolute atomic E-state index is 12.0. The highest BCUT2D eigenvalue weighted by Gasteiger charge is 2.20. The number of nitrogens with one attached hydrogen (secondary N) is 1. The Bertz CT molecular complexity index is 556. The lowest BCUT2D eigenvalue weighted by molar-refractivity contribution is -0.122. The van der Waals surface area contributed by atoms with E-state index in [0.29, 0.717) is 25.6 Å². The normalized spacial score (nSPS) is 15.6. The highest BCUT2D eigenvalue weighted by atomic mass is 16.5. The lowest BCUT2D eigenvalue weighted by Gasteiger charge is -2.35. The SMILES string of the molecule is COCCCNC(=O)CN1CCN(c2cc(C)nc(C(C)C)n2)CC1. The van der Waals surface area contributed by atoms with Gasteiger partial charge in [-0.05, 0) is 13.3 Å². The first-order valence-corrected chi connectivity index (χ1v) is 9.08. The molecule has 0 aromatic carbocycles. The molecule has 0 aliphatic carbocycles. The standard InChI is InChI=1S/C18H31N5O2/c1-14(2)18-20-15(3)12-16(21-18)23-9-7-22(8-10-23)13-17(24)19-6-5-11-25-4/h12,14H,5-11,13H2,1-4H3,(H,19,24). The molecule has 1 amide bonds. The van der Waals surface area contributed by atoms with Gasteiger partial charge in [0, 0.05) is 64.1 Å². The third-order valence-electron chi connectivity index (χ3n) is 4.29. The van der Waals surface area contributed by atoms with Gasteiger partial charge in [0.1, 0.15) is 11.6 Å². The van der Waals surface area contributed by atoms with Crippen molar-refractivity contribution in [2.75, 3.05) is 57.9 Å². The van der Waals surface area contributed by atoms with Crippen molar-refractivity contribution in [1.82, 2.24) is 20.2 Å². The Hall–Kier alpha value is -1.73. The number of methoxy groups -OCH3 is 1. The van der Waals surface area contributed by atoms with E-state index in [2.05, 4.69) is 33.9 Å². The number of carbonyl (C=O) groups is 1. The van der Waals surface area contributed by atoms with Gasteiger partial charge >= 0.3 is 0 Å². The summed E-state index contributed by atoms with van der Waals surface area (Å²) >= 11 is 0. The molecule has 2 heterocycles. The molecule has 1 aliphatic rings. The maximum Gasteiger partial charge on any atom is 0.234 e. The van der Waals surface area contributed by atoms with Crippen molar-refractivity contribution in [2.45, 2.75) is 33.1 Å². The molecule has 1 fully saturated rings. The summed E-state index contributed by atoms with van der Waals surface area (Å²) < 4.78 is 4.98. The van der Waals surface area contributed by atoms with E-state index in [1.165, 1.54) is 0 Å². The second-order valence-electron chi connectivity index (χ2n) is 6.84. The van der Waals surface area contributed by atoms with E-state index >= 15 is 0 Å². The number of aryl methyl sites for hydroxylation is 1. The zero-order valence-corrected chi connectivity index (χ0v) is 15.9. The van der Waals surface area contributed by atoms with Crippen LogP contribution < -0.4 is 10.2 Å². The van der Waals surface area contributed by atoms with Gasteiger partial charge in [0.2, 0.25) is 5.91 Å². The van der Waals surface area contributed by atoms with Gasteiger partial charge in [0.15, 0.2) is 0 Å². The van der Waals surface area contributed by atoms with E-state index in [4.69, 9.17) is 9.72 Å². The van der Waals surface area contributed by atoms with Crippen molar-refractivity contribution in [3.8, 4) is 0 Å². The topological polar surface area (TPSA) is 70.6 Å². The molecule has 0 unspecified atom stereocenters. The third kappa shape index (κ3) is 6.25. The van der Waals surface area contributed by atoms with Crippen molar-refractivity contribution < 1.29 is 9.53 Å². The van der Waals surface area contributed by atoms with E-state index in [1.54, 1.807) is 7.11 Å². The number of hydrogen-bond donors (Lipinski definition) is 1. The largest absolute Gasteiger partial charge is 0.385 e. The van der Waals surface area contributed by atoms with Crippen LogP contribution in [0.4, 0.5) is 5.82 Å². The molecule has 0 bridgehead atoms. The van der Waals surface area contributed by atoms with Gasteiger partial charge in [-0.25, -0.2) is 9.97 Å². The van der Waals surface area contributed by atoms with Crippen molar-refractivity contribution in [2.24, 2.45) is 0 Å². The fourth-order valence-electron chi connectivity index (χ4n) is 2.83. The number of rotatable bonds is 8. The van der Waals surface area contributed by atoms with Crippen LogP contribution in [0.15, 0.2) is 6.07 Å². The summed E-state index contributed by atoms with van der Waals surface area (Å²) in [5.41, 5.74) is 1.01. The highest BCUT2D eigenvalue weighted by Crippen LogP contribution is 2.18. The summed E-state index contributed by atoms with van der Waals surface area (Å²) in [5.74, 6) is 2.30. The Morgan fingerprint density at radius 3 is 2.64 bits per heavy atom. The number of nitrogens with zero attached hydrogens (tertiary/aromatic N) is 4. The Morgan fingerprint density at radius 2 is 2.00 bits per heavy atom. The van der Waals surface area contributed by atoms with E-state index in [0.717, 1.165) is 49.9 Å². The van der Waals surface area contributed by atoms with Crippen LogP contribution in [0.1, 0.15) is 37.7 Å². The maximum atomic E-state index is 12.0. The van der Waals surface area contributed by atoms with Gasteiger partial charge in [-0.3, -0.25) is 9.69 Å². The molecule has 0 saturated carbocycles. The predicted molar refractivity (Wildman–Crippen MR) is 99.0 cm³/mol. The molecule has 25 heavy (non-hydrogen) atoms. The summed E-state index contributed by atoms with van der Waals surface area (Å²) in [7, 11) is 1.67. The number of ether oxygens (including phenoxy) is 1. The first-order valence-electron chi connectivity index (χ1n) is 9.08. The van der Waals surface area contributed by atoms with Gasteiger partial charge in [-0.2, -0.15) is 0 Å². The number of piperazine rings is 1. The molecule has 0 radical (unpaired) electrons. The van der Waals surface area contributed by atoms with Crippen molar-refractivity contribution in [3.63, 3.8) is 0 Å². The van der Waals surface area contributed by atoms with E-state index in [-0.39, 0.29) is 5.91 Å². The number of amides is 1. The summed E-state index contributed by atoms with van der Waals surface area (Å²) in [6.45, 7) is 11.5. The first kappa shape index (κ1) is 19.6. The number of carbonyl (C=O) groups excluding carboxylic acids is 1. The van der Waals surface area contributed by atoms with Crippen LogP contribution in [-0.2, 0) is 9.53 Å². The molecule has 7 heteroatoms. The van der Waals surface area contributed by atoms with Crippen LogP contribution in [0.2, 0.25) is 0 Å². The molecule has 1 aromatic heterocycles. The van der Waals surface area contributed by atoms with Crippen molar-refractivity contribution in [3.05, 3.63) is 17.6 Å². The van der Waals surface area contributed by atoms with Crippen LogP contribution in [0.5, 0.6) is 0 Å². The minimum Gasteiger partial charge on any atom is -0.385 e. The molecule has 1 saturated heterocycles. The third-order valence-corrected chi connectivity index (χ3v) is 4.29. The minimum absolute atomic E-state index is 0.0875. The van der Waals surface area contributed by atoms with Crippen LogP contribution >= 0.6 is 0 Å². The zero-order valence-electron chi connectivity index (χ0n) is 15.9. The van der Waals surface area contributed by atoms with Crippen LogP contribution in [0.3, 0.4) is 0 Å². The number of aromatic nitrogens is 2. The number of hydrogen-bond acceptors (Lipinski definition) is 6. The Labute approximate surface area is 150 Å². The Kier molecular flexibility index (Phi) is 7.58. The first-order chi connectivity index (χ1) is 12.0. The quantitative estimate of drug-likeness (QED) is 0.711. The second-order valence-corrected chi connectivity index (χ2v) is 6.84. The fraction of sp³-hybridized carbons (Fsp3) is 0.722. The monoisotopic (exact) mass is 349 g/mol. The summed E-state index contributed by atoms with van der Waals surface area (Å²) in [5, 5.41) is 2.94.